The van der Waals surface area contributed by atoms with Gasteiger partial charge in [0.05, 0.1) is 12.5 Å². The Hall–Kier alpha value is -0.840. The van der Waals surface area contributed by atoms with E-state index < -0.39 is 0 Å². The third-order valence-electron chi connectivity index (χ3n) is 2.16. The van der Waals surface area contributed by atoms with E-state index >= 15 is 0 Å². The van der Waals surface area contributed by atoms with Crippen molar-refractivity contribution in [2.24, 2.45) is 5.73 Å². The molecule has 0 fully saturated rings. The van der Waals surface area contributed by atoms with Gasteiger partial charge in [-0.05, 0) is 25.5 Å². The number of hydrogen-bond acceptors (Lipinski definition) is 4. The van der Waals surface area contributed by atoms with Crippen LogP contribution in [0, 0.1) is 0 Å². The molecule has 0 aliphatic heterocycles. The van der Waals surface area contributed by atoms with Crippen molar-refractivity contribution >= 4 is 0 Å². The highest BCUT2D eigenvalue weighted by Crippen LogP contribution is 2.11. The second-order valence-electron chi connectivity index (χ2n) is 3.23. The van der Waals surface area contributed by atoms with Gasteiger partial charge in [0.25, 0.3) is 0 Å². The quantitative estimate of drug-likeness (QED) is 0.562. The Morgan fingerprint density at radius 2 is 2.36 bits per heavy atom. The Labute approximate surface area is 84.1 Å². The smallest absolute Gasteiger partial charge is 0.0950 e. The van der Waals surface area contributed by atoms with Gasteiger partial charge in [-0.3, -0.25) is 0 Å². The molecular weight excluding hydrogens is 180 g/mol. The fourth-order valence-corrected chi connectivity index (χ4v) is 1.32. The molecule has 0 aliphatic rings. The van der Waals surface area contributed by atoms with Crippen molar-refractivity contribution in [2.45, 2.75) is 18.9 Å². The van der Waals surface area contributed by atoms with Crippen molar-refractivity contribution in [1.29, 1.82) is 0 Å². The van der Waals surface area contributed by atoms with Crippen LogP contribution >= 0.6 is 0 Å². The van der Waals surface area contributed by atoms with Gasteiger partial charge in [-0.2, -0.15) is 0 Å². The average Bonchev–Trinajstić information content (AvgIpc) is 2.71. The van der Waals surface area contributed by atoms with E-state index in [2.05, 4.69) is 5.32 Å². The Bertz CT molecular complexity index is 224. The van der Waals surface area contributed by atoms with Crippen LogP contribution in [0.4, 0.5) is 0 Å². The van der Waals surface area contributed by atoms with E-state index in [-0.39, 0.29) is 12.6 Å². The summed E-state index contributed by atoms with van der Waals surface area (Å²) >= 11 is 0. The maximum atomic E-state index is 8.61. The van der Waals surface area contributed by atoms with Crippen LogP contribution in [0.3, 0.4) is 0 Å². The Kier molecular flexibility index (Phi) is 5.29. The zero-order valence-corrected chi connectivity index (χ0v) is 8.28. The van der Waals surface area contributed by atoms with Crippen LogP contribution in [0.25, 0.3) is 0 Å². The van der Waals surface area contributed by atoms with E-state index in [1.165, 1.54) is 0 Å². The minimum absolute atomic E-state index is 0.160. The third-order valence-corrected chi connectivity index (χ3v) is 2.16. The average molecular weight is 198 g/mol. The molecule has 14 heavy (non-hydrogen) atoms. The van der Waals surface area contributed by atoms with Crippen LogP contribution < -0.4 is 11.1 Å². The summed E-state index contributed by atoms with van der Waals surface area (Å²) in [5, 5.41) is 11.9. The minimum atomic E-state index is 0.160. The molecule has 1 aromatic heterocycles. The lowest BCUT2D eigenvalue weighted by atomic mass is 10.1. The Morgan fingerprint density at radius 1 is 1.50 bits per heavy atom. The van der Waals surface area contributed by atoms with Crippen molar-refractivity contribution in [3.05, 3.63) is 24.2 Å². The predicted molar refractivity (Wildman–Crippen MR) is 54.8 cm³/mol. The first-order valence-corrected chi connectivity index (χ1v) is 4.95. The molecule has 0 radical (unpaired) electrons. The number of nitrogens with one attached hydrogen (secondary N) is 1. The second kappa shape index (κ2) is 6.59. The topological polar surface area (TPSA) is 71.4 Å². The lowest BCUT2D eigenvalue weighted by Crippen LogP contribution is -2.28. The van der Waals surface area contributed by atoms with Gasteiger partial charge in [0.2, 0.25) is 0 Å². The highest BCUT2D eigenvalue weighted by Gasteiger charge is 2.08. The summed E-state index contributed by atoms with van der Waals surface area (Å²) < 4.78 is 4.99. The van der Waals surface area contributed by atoms with Crippen molar-refractivity contribution in [1.82, 2.24) is 5.32 Å². The lowest BCUT2D eigenvalue weighted by Gasteiger charge is -2.14. The van der Waals surface area contributed by atoms with Crippen molar-refractivity contribution in [2.75, 3.05) is 19.7 Å². The molecule has 0 bridgehead atoms. The predicted octanol–water partition coefficient (Wildman–Crippen LogP) is 0.641. The Morgan fingerprint density at radius 3 is 2.93 bits per heavy atom. The molecule has 4 nitrogen and oxygen atoms in total. The summed E-state index contributed by atoms with van der Waals surface area (Å²) in [6.45, 7) is 1.67. The van der Waals surface area contributed by atoms with Gasteiger partial charge in [-0.25, -0.2) is 0 Å². The fraction of sp³-hybridized carbons (Fsp3) is 0.600. The molecular formula is C10H18N2O2. The molecule has 0 saturated heterocycles. The van der Waals surface area contributed by atoms with Crippen LogP contribution in [0.1, 0.15) is 24.4 Å². The molecule has 0 saturated carbocycles. The summed E-state index contributed by atoms with van der Waals surface area (Å²) in [7, 11) is 0. The number of aliphatic hydroxyl groups excluding tert-OH is 1. The zero-order valence-electron chi connectivity index (χ0n) is 8.28. The molecule has 4 heteroatoms. The normalized spacial score (nSPS) is 13.0. The molecule has 0 amide bonds. The van der Waals surface area contributed by atoms with Gasteiger partial charge >= 0.3 is 0 Å². The first kappa shape index (κ1) is 11.2. The van der Waals surface area contributed by atoms with Crippen LogP contribution in [-0.2, 0) is 0 Å². The van der Waals surface area contributed by atoms with Gasteiger partial charge in [0.1, 0.15) is 0 Å². The maximum absolute atomic E-state index is 8.61. The summed E-state index contributed by atoms with van der Waals surface area (Å²) in [5.74, 6) is 0. The standard InChI is InChI=1S/C10H18N2O2/c11-7-10(9-3-6-14-8-9)12-4-1-2-5-13/h3,6,8,10,12-13H,1-2,4-5,7,11H2. The van der Waals surface area contributed by atoms with Crippen LogP contribution in [0.2, 0.25) is 0 Å². The van der Waals surface area contributed by atoms with Gasteiger partial charge in [-0.1, -0.05) is 0 Å². The number of hydrogen-bond donors (Lipinski definition) is 3. The number of nitrogens with two attached hydrogens (primary N) is 1. The van der Waals surface area contributed by atoms with Gasteiger partial charge in [0, 0.05) is 24.8 Å². The molecule has 0 aromatic carbocycles. The molecule has 0 spiro atoms. The van der Waals surface area contributed by atoms with Gasteiger partial charge in [0.15, 0.2) is 0 Å². The summed E-state index contributed by atoms with van der Waals surface area (Å²) in [5.41, 5.74) is 6.71. The highest BCUT2D eigenvalue weighted by molar-refractivity contribution is 5.11. The molecule has 1 unspecified atom stereocenters. The van der Waals surface area contributed by atoms with E-state index in [4.69, 9.17) is 15.3 Å². The molecule has 1 aromatic rings. The highest BCUT2D eigenvalue weighted by atomic mass is 16.3. The van der Waals surface area contributed by atoms with E-state index in [9.17, 15) is 0 Å². The number of aliphatic hydroxyl groups is 1. The summed E-state index contributed by atoms with van der Waals surface area (Å²) in [6.07, 6.45) is 5.14. The molecule has 1 heterocycles. The largest absolute Gasteiger partial charge is 0.472 e. The monoisotopic (exact) mass is 198 g/mol. The van der Waals surface area contributed by atoms with Gasteiger partial charge in [-0.15, -0.1) is 0 Å². The van der Waals surface area contributed by atoms with E-state index in [0.717, 1.165) is 24.9 Å². The van der Waals surface area contributed by atoms with Gasteiger partial charge < -0.3 is 20.6 Å². The molecule has 0 aliphatic carbocycles. The zero-order chi connectivity index (χ0) is 10.2. The Balaban J connectivity index is 2.26. The second-order valence-corrected chi connectivity index (χ2v) is 3.23. The molecule has 80 valence electrons. The number of unbranched alkanes of at least 4 members (excludes halogenated alkanes) is 1. The summed E-state index contributed by atoms with van der Waals surface area (Å²) in [6, 6.07) is 2.07. The number of furan rings is 1. The fourth-order valence-electron chi connectivity index (χ4n) is 1.32. The third kappa shape index (κ3) is 3.49. The summed E-state index contributed by atoms with van der Waals surface area (Å²) in [4.78, 5) is 0. The van der Waals surface area contributed by atoms with Crippen LogP contribution in [0.5, 0.6) is 0 Å². The molecule has 1 rings (SSSR count). The maximum Gasteiger partial charge on any atom is 0.0950 e. The van der Waals surface area contributed by atoms with Crippen LogP contribution in [0.15, 0.2) is 23.0 Å². The van der Waals surface area contributed by atoms with E-state index in [0.29, 0.717) is 6.54 Å². The number of rotatable bonds is 7. The molecule has 1 atom stereocenters. The van der Waals surface area contributed by atoms with E-state index in [1.807, 2.05) is 6.07 Å². The lowest BCUT2D eigenvalue weighted by molar-refractivity contribution is 0.282. The minimum Gasteiger partial charge on any atom is -0.472 e. The van der Waals surface area contributed by atoms with E-state index in [1.54, 1.807) is 12.5 Å². The van der Waals surface area contributed by atoms with Crippen molar-refractivity contribution in [3.8, 4) is 0 Å². The first-order chi connectivity index (χ1) is 6.88. The molecule has 4 N–H and O–H groups in total. The van der Waals surface area contributed by atoms with Crippen molar-refractivity contribution < 1.29 is 9.52 Å². The van der Waals surface area contributed by atoms with Crippen molar-refractivity contribution in [3.63, 3.8) is 0 Å². The first-order valence-electron chi connectivity index (χ1n) is 4.95. The van der Waals surface area contributed by atoms with Crippen LogP contribution in [-0.4, -0.2) is 24.8 Å². The SMILES string of the molecule is NCC(NCCCCO)c1ccoc1.